The van der Waals surface area contributed by atoms with Crippen LogP contribution in [0.5, 0.6) is 0 Å². The molecule has 0 saturated carbocycles. The molecule has 0 aliphatic heterocycles. The summed E-state index contributed by atoms with van der Waals surface area (Å²) in [5.41, 5.74) is 0. The van der Waals surface area contributed by atoms with Crippen molar-refractivity contribution in [3.63, 3.8) is 0 Å². The van der Waals surface area contributed by atoms with Gasteiger partial charge in [0.15, 0.2) is 12.2 Å². The molecule has 3 N–H and O–H groups in total. The number of hydrogen-bond acceptors (Lipinski definition) is 15. The Morgan fingerprint density at radius 3 is 0.642 bits per heavy atom. The minimum atomic E-state index is -4.97. The van der Waals surface area contributed by atoms with Crippen LogP contribution in [0.25, 0.3) is 0 Å². The molecule has 0 aromatic carbocycles. The van der Waals surface area contributed by atoms with Gasteiger partial charge < -0.3 is 33.8 Å². The zero-order valence-electron chi connectivity index (χ0n) is 69.7. The maximum atomic E-state index is 13.2. The summed E-state index contributed by atoms with van der Waals surface area (Å²) in [5.74, 6) is -0.544. The third kappa shape index (κ3) is 80.1. The highest BCUT2D eigenvalue weighted by atomic mass is 31.2. The quantitative estimate of drug-likeness (QED) is 0.0222. The zero-order chi connectivity index (χ0) is 77.8. The van der Waals surface area contributed by atoms with Gasteiger partial charge in [0.2, 0.25) is 0 Å². The number of unbranched alkanes of at least 4 members (excludes halogenated alkanes) is 56. The van der Waals surface area contributed by atoms with E-state index in [-0.39, 0.29) is 25.7 Å². The molecule has 0 bridgehead atoms. The Hall–Kier alpha value is -1.94. The molecule has 0 rings (SSSR count). The van der Waals surface area contributed by atoms with Crippen LogP contribution in [0.1, 0.15) is 465 Å². The zero-order valence-corrected chi connectivity index (χ0v) is 71.5. The van der Waals surface area contributed by atoms with Crippen molar-refractivity contribution < 1.29 is 80.2 Å². The highest BCUT2D eigenvalue weighted by Gasteiger charge is 2.30. The predicted octanol–water partition coefficient (Wildman–Crippen LogP) is 26.6. The van der Waals surface area contributed by atoms with E-state index in [0.717, 1.165) is 102 Å². The smallest absolute Gasteiger partial charge is 0.462 e. The maximum Gasteiger partial charge on any atom is 0.472 e. The maximum absolute atomic E-state index is 13.2. The number of esters is 4. The molecule has 0 fully saturated rings. The molecule has 0 aliphatic rings. The molecule has 2 unspecified atom stereocenters. The van der Waals surface area contributed by atoms with Gasteiger partial charge in [0.05, 0.1) is 26.4 Å². The molecule has 17 nitrogen and oxygen atoms in total. The second-order valence-electron chi connectivity index (χ2n) is 32.2. The van der Waals surface area contributed by atoms with E-state index in [4.69, 9.17) is 37.0 Å². The van der Waals surface area contributed by atoms with Crippen LogP contribution in [0.4, 0.5) is 0 Å². The van der Waals surface area contributed by atoms with Gasteiger partial charge in [0, 0.05) is 25.7 Å². The number of aliphatic hydroxyl groups is 1. The number of ether oxygens (including phenoxy) is 4. The van der Waals surface area contributed by atoms with Crippen LogP contribution in [-0.4, -0.2) is 96.7 Å². The van der Waals surface area contributed by atoms with Crippen LogP contribution in [-0.2, 0) is 65.4 Å². The van der Waals surface area contributed by atoms with E-state index < -0.39 is 97.5 Å². The van der Waals surface area contributed by atoms with Gasteiger partial charge >= 0.3 is 39.5 Å². The first-order chi connectivity index (χ1) is 51.4. The van der Waals surface area contributed by atoms with Crippen molar-refractivity contribution >= 4 is 39.5 Å². The Kier molecular flexibility index (Phi) is 76.9. The van der Waals surface area contributed by atoms with Crippen LogP contribution in [0, 0.1) is 11.8 Å². The molecule has 0 radical (unpaired) electrons. The second kappa shape index (κ2) is 78.3. The molecule has 0 aliphatic carbocycles. The third-order valence-corrected chi connectivity index (χ3v) is 22.4. The number of rotatable bonds is 86. The first-order valence-electron chi connectivity index (χ1n) is 45.0. The number of hydrogen-bond donors (Lipinski definition) is 3. The van der Waals surface area contributed by atoms with E-state index >= 15 is 0 Å². The van der Waals surface area contributed by atoms with Crippen LogP contribution >= 0.6 is 15.6 Å². The Balaban J connectivity index is 5.24. The molecular weight excluding hydrogens is 1380 g/mol. The lowest BCUT2D eigenvalue weighted by atomic mass is 10.0. The van der Waals surface area contributed by atoms with E-state index in [0.29, 0.717) is 25.7 Å². The van der Waals surface area contributed by atoms with Gasteiger partial charge in [-0.1, -0.05) is 414 Å². The van der Waals surface area contributed by atoms with Crippen molar-refractivity contribution in [2.24, 2.45) is 11.8 Å². The average molecular weight is 1550 g/mol. The van der Waals surface area contributed by atoms with Gasteiger partial charge in [-0.25, -0.2) is 9.13 Å². The van der Waals surface area contributed by atoms with Crippen molar-refractivity contribution in [3.8, 4) is 0 Å². The number of phosphoric acid groups is 2. The number of carbonyl (C=O) groups is 4. The molecule has 630 valence electrons. The van der Waals surface area contributed by atoms with Gasteiger partial charge in [0.1, 0.15) is 19.3 Å². The lowest BCUT2D eigenvalue weighted by molar-refractivity contribution is -0.161. The summed E-state index contributed by atoms with van der Waals surface area (Å²) < 4.78 is 68.9. The number of aliphatic hydroxyl groups excluding tert-OH is 1. The molecule has 0 aromatic heterocycles. The predicted molar refractivity (Wildman–Crippen MR) is 437 cm³/mol. The summed E-state index contributed by atoms with van der Waals surface area (Å²) in [6, 6.07) is 0. The minimum Gasteiger partial charge on any atom is -0.462 e. The summed E-state index contributed by atoms with van der Waals surface area (Å²) in [6.07, 6.45) is 70.8. The van der Waals surface area contributed by atoms with E-state index in [1.807, 2.05) is 0 Å². The number of carbonyl (C=O) groups excluding carboxylic acids is 4. The topological polar surface area (TPSA) is 237 Å². The van der Waals surface area contributed by atoms with Gasteiger partial charge in [0.25, 0.3) is 0 Å². The van der Waals surface area contributed by atoms with Crippen molar-refractivity contribution in [2.75, 3.05) is 39.6 Å². The minimum absolute atomic E-state index is 0.108. The molecule has 0 saturated heterocycles. The van der Waals surface area contributed by atoms with Crippen molar-refractivity contribution in [1.29, 1.82) is 0 Å². The largest absolute Gasteiger partial charge is 0.472 e. The molecule has 5 atom stereocenters. The Morgan fingerprint density at radius 2 is 0.434 bits per heavy atom. The van der Waals surface area contributed by atoms with Crippen LogP contribution in [0.15, 0.2) is 0 Å². The summed E-state index contributed by atoms with van der Waals surface area (Å²) in [4.78, 5) is 73.3. The SMILES string of the molecule is CCCCCCCCCCCCCCCCCCCCCCCC(=O)O[C@H](COC(=O)CCCCCCCCCCCCCCCCCCC(C)C)COP(=O)(O)OC[C@@H](O)COP(=O)(O)OC[C@@H](COC(=O)CCCCCCCCCCCC(C)C)OC(=O)CCCCCCCCCCCCCCCC. The highest BCUT2D eigenvalue weighted by Crippen LogP contribution is 2.45. The summed E-state index contributed by atoms with van der Waals surface area (Å²) >= 11 is 0. The number of phosphoric ester groups is 2. The summed E-state index contributed by atoms with van der Waals surface area (Å²) in [6.45, 7) is 9.69. The Labute approximate surface area is 651 Å². The van der Waals surface area contributed by atoms with Crippen molar-refractivity contribution in [2.45, 2.75) is 484 Å². The molecule has 0 spiro atoms. The normalized spacial score (nSPS) is 13.8. The lowest BCUT2D eigenvalue weighted by Crippen LogP contribution is -2.30. The van der Waals surface area contributed by atoms with E-state index in [9.17, 15) is 43.2 Å². The monoisotopic (exact) mass is 1550 g/mol. The van der Waals surface area contributed by atoms with Gasteiger partial charge in [-0.15, -0.1) is 0 Å². The van der Waals surface area contributed by atoms with E-state index in [2.05, 4.69) is 41.5 Å². The summed E-state index contributed by atoms with van der Waals surface area (Å²) in [7, 11) is -9.93. The van der Waals surface area contributed by atoms with Gasteiger partial charge in [-0.05, 0) is 37.5 Å². The molecular formula is C87H170O17P2. The van der Waals surface area contributed by atoms with E-state index in [1.165, 1.54) is 283 Å². The standard InChI is InChI=1S/C87H170O17P2/c1-7-9-11-13-15-17-19-21-23-24-25-26-27-28-33-37-41-47-54-60-66-72-87(92)103-82(75-97-84(89)69-63-57-51-45-39-36-32-30-29-31-34-38-43-49-55-61-67-79(3)4)77-101-105(93,94)99-73-81(88)74-100-106(95,96)102-78-83(76-98-85(90)70-64-58-52-48-42-44-50-56-62-68-80(5)6)104-86(91)71-65-59-53-46-40-35-22-20-18-16-14-12-10-8-2/h79-83,88H,7-78H2,1-6H3,(H,93,94)(H,95,96)/t81-,82-,83-/m1/s1. The highest BCUT2D eigenvalue weighted by molar-refractivity contribution is 7.47. The van der Waals surface area contributed by atoms with Crippen LogP contribution in [0.2, 0.25) is 0 Å². The first-order valence-corrected chi connectivity index (χ1v) is 48.0. The van der Waals surface area contributed by atoms with Crippen LogP contribution < -0.4 is 0 Å². The fourth-order valence-electron chi connectivity index (χ4n) is 13.6. The van der Waals surface area contributed by atoms with Crippen molar-refractivity contribution in [1.82, 2.24) is 0 Å². The van der Waals surface area contributed by atoms with Crippen LogP contribution in [0.3, 0.4) is 0 Å². The van der Waals surface area contributed by atoms with E-state index in [1.54, 1.807) is 0 Å². The molecule has 0 amide bonds. The fourth-order valence-corrected chi connectivity index (χ4v) is 15.2. The van der Waals surface area contributed by atoms with Gasteiger partial charge in [-0.2, -0.15) is 0 Å². The summed E-state index contributed by atoms with van der Waals surface area (Å²) in [5, 5.41) is 10.7. The Bertz CT molecular complexity index is 2030. The lowest BCUT2D eigenvalue weighted by Gasteiger charge is -2.21. The molecule has 0 aromatic rings. The Morgan fingerprint density at radius 1 is 0.255 bits per heavy atom. The molecule has 0 heterocycles. The molecule has 106 heavy (non-hydrogen) atoms. The average Bonchev–Trinajstić information content (AvgIpc) is 0.900. The third-order valence-electron chi connectivity index (χ3n) is 20.5. The first kappa shape index (κ1) is 104. The van der Waals surface area contributed by atoms with Gasteiger partial charge in [-0.3, -0.25) is 37.3 Å². The second-order valence-corrected chi connectivity index (χ2v) is 35.1. The molecule has 19 heteroatoms. The fraction of sp³-hybridized carbons (Fsp3) is 0.954. The van der Waals surface area contributed by atoms with Crippen molar-refractivity contribution in [3.05, 3.63) is 0 Å².